The number of esters is 1. The van der Waals surface area contributed by atoms with Gasteiger partial charge in [0.1, 0.15) is 11.8 Å². The molecule has 7 heteroatoms. The summed E-state index contributed by atoms with van der Waals surface area (Å²) in [5.74, 6) is 0.0136. The van der Waals surface area contributed by atoms with E-state index in [1.807, 2.05) is 6.92 Å². The van der Waals surface area contributed by atoms with Crippen LogP contribution in [0.4, 0.5) is 5.69 Å². The number of hydrogen-bond acceptors (Lipinski definition) is 5. The second-order valence-electron chi connectivity index (χ2n) is 4.18. The van der Waals surface area contributed by atoms with Gasteiger partial charge >= 0.3 is 5.97 Å². The summed E-state index contributed by atoms with van der Waals surface area (Å²) in [6, 6.07) is 5.55. The molecule has 0 aromatic heterocycles. The summed E-state index contributed by atoms with van der Waals surface area (Å²) in [6.45, 7) is 3.85. The number of ether oxygens (including phenoxy) is 2. The molecule has 0 aliphatic heterocycles. The third-order valence-corrected chi connectivity index (χ3v) is 3.90. The van der Waals surface area contributed by atoms with Crippen LogP contribution in [0, 0.1) is 0 Å². The van der Waals surface area contributed by atoms with Gasteiger partial charge in [-0.2, -0.15) is 0 Å². The Kier molecular flexibility index (Phi) is 5.38. The molecule has 0 fully saturated rings. The van der Waals surface area contributed by atoms with Crippen LogP contribution in [0.2, 0.25) is 0 Å². The molecule has 0 saturated heterocycles. The number of nitrogens with zero attached hydrogens (tertiary/aromatic N) is 1. The first-order valence-electron chi connectivity index (χ1n) is 6.11. The highest BCUT2D eigenvalue weighted by molar-refractivity contribution is 7.92. The van der Waals surface area contributed by atoms with Gasteiger partial charge in [0.15, 0.2) is 0 Å². The van der Waals surface area contributed by atoms with Gasteiger partial charge in [-0.15, -0.1) is 0 Å². The van der Waals surface area contributed by atoms with E-state index in [2.05, 4.69) is 4.74 Å². The molecular weight excluding hydrogens is 282 g/mol. The minimum Gasteiger partial charge on any atom is -0.494 e. The number of hydrogen-bond donors (Lipinski definition) is 0. The number of anilines is 1. The molecule has 1 unspecified atom stereocenters. The van der Waals surface area contributed by atoms with E-state index in [0.29, 0.717) is 18.0 Å². The van der Waals surface area contributed by atoms with Crippen LogP contribution in [0.15, 0.2) is 24.3 Å². The first-order chi connectivity index (χ1) is 9.31. The van der Waals surface area contributed by atoms with Crippen LogP contribution in [0.1, 0.15) is 13.8 Å². The minimum absolute atomic E-state index is 0.383. The quantitative estimate of drug-likeness (QED) is 0.743. The fraction of sp³-hybridized carbons (Fsp3) is 0.462. The van der Waals surface area contributed by atoms with E-state index in [1.165, 1.54) is 14.0 Å². The summed E-state index contributed by atoms with van der Waals surface area (Å²) >= 11 is 0. The summed E-state index contributed by atoms with van der Waals surface area (Å²) < 4.78 is 34.7. The topological polar surface area (TPSA) is 72.9 Å². The Morgan fingerprint density at radius 2 is 1.85 bits per heavy atom. The van der Waals surface area contributed by atoms with Crippen LogP contribution in [-0.2, 0) is 19.6 Å². The van der Waals surface area contributed by atoms with Gasteiger partial charge < -0.3 is 9.47 Å². The van der Waals surface area contributed by atoms with Crippen molar-refractivity contribution in [1.82, 2.24) is 0 Å². The summed E-state index contributed by atoms with van der Waals surface area (Å²) in [6.07, 6.45) is 1.04. The van der Waals surface area contributed by atoms with E-state index in [9.17, 15) is 13.2 Å². The van der Waals surface area contributed by atoms with Crippen molar-refractivity contribution in [3.05, 3.63) is 24.3 Å². The van der Waals surface area contributed by atoms with Gasteiger partial charge in [0.2, 0.25) is 10.0 Å². The lowest BCUT2D eigenvalue weighted by molar-refractivity contribution is -0.141. The highest BCUT2D eigenvalue weighted by Crippen LogP contribution is 2.24. The molecule has 0 bridgehead atoms. The Bertz CT molecular complexity index is 553. The van der Waals surface area contributed by atoms with Crippen LogP contribution >= 0.6 is 0 Å². The van der Waals surface area contributed by atoms with Crippen molar-refractivity contribution in [2.75, 3.05) is 24.3 Å². The van der Waals surface area contributed by atoms with Crippen molar-refractivity contribution in [2.45, 2.75) is 19.9 Å². The Hall–Kier alpha value is -1.76. The molecule has 20 heavy (non-hydrogen) atoms. The molecule has 1 aromatic carbocycles. The maximum atomic E-state index is 11.9. The molecule has 1 rings (SSSR count). The highest BCUT2D eigenvalue weighted by atomic mass is 32.2. The van der Waals surface area contributed by atoms with E-state index in [4.69, 9.17) is 4.74 Å². The fourth-order valence-electron chi connectivity index (χ4n) is 1.82. The molecule has 6 nitrogen and oxygen atoms in total. The van der Waals surface area contributed by atoms with Crippen LogP contribution in [0.3, 0.4) is 0 Å². The Morgan fingerprint density at radius 3 is 2.25 bits per heavy atom. The van der Waals surface area contributed by atoms with Crippen LogP contribution in [0.25, 0.3) is 0 Å². The number of methoxy groups -OCH3 is 1. The van der Waals surface area contributed by atoms with Crippen LogP contribution in [-0.4, -0.2) is 40.4 Å². The Balaban J connectivity index is 3.15. The number of carbonyl (C=O) groups excluding carboxylic acids is 1. The van der Waals surface area contributed by atoms with Gasteiger partial charge in [0.25, 0.3) is 0 Å². The van der Waals surface area contributed by atoms with E-state index < -0.39 is 22.0 Å². The Morgan fingerprint density at radius 1 is 1.30 bits per heavy atom. The van der Waals surface area contributed by atoms with E-state index >= 15 is 0 Å². The lowest BCUT2D eigenvalue weighted by Gasteiger charge is -2.27. The first-order valence-corrected chi connectivity index (χ1v) is 7.96. The van der Waals surface area contributed by atoms with E-state index in [-0.39, 0.29) is 0 Å². The van der Waals surface area contributed by atoms with Gasteiger partial charge in [-0.25, -0.2) is 13.2 Å². The zero-order valence-electron chi connectivity index (χ0n) is 12.0. The average molecular weight is 301 g/mol. The minimum atomic E-state index is -3.61. The molecule has 0 heterocycles. The van der Waals surface area contributed by atoms with Gasteiger partial charge in [-0.05, 0) is 38.1 Å². The molecule has 1 atom stereocenters. The first kappa shape index (κ1) is 16.3. The highest BCUT2D eigenvalue weighted by Gasteiger charge is 2.29. The lowest BCUT2D eigenvalue weighted by Crippen LogP contribution is -2.43. The standard InChI is InChI=1S/C13H19NO5S/c1-5-19-12-8-6-11(7-9-12)14(20(4,16)17)10(2)13(15)18-3/h6-10H,5H2,1-4H3. The molecule has 112 valence electrons. The molecule has 0 aliphatic rings. The van der Waals surface area contributed by atoms with Crippen molar-refractivity contribution in [3.63, 3.8) is 0 Å². The van der Waals surface area contributed by atoms with Gasteiger partial charge in [0.05, 0.1) is 25.7 Å². The van der Waals surface area contributed by atoms with Crippen LogP contribution in [0.5, 0.6) is 5.75 Å². The van der Waals surface area contributed by atoms with Crippen molar-refractivity contribution >= 4 is 21.7 Å². The van der Waals surface area contributed by atoms with Crippen molar-refractivity contribution in [3.8, 4) is 5.75 Å². The SMILES string of the molecule is CCOc1ccc(N(C(C)C(=O)OC)S(C)(=O)=O)cc1. The monoisotopic (exact) mass is 301 g/mol. The summed E-state index contributed by atoms with van der Waals surface area (Å²) in [5, 5.41) is 0. The van der Waals surface area contributed by atoms with Gasteiger partial charge in [0, 0.05) is 0 Å². The largest absolute Gasteiger partial charge is 0.494 e. The van der Waals surface area contributed by atoms with Crippen molar-refractivity contribution < 1.29 is 22.7 Å². The smallest absolute Gasteiger partial charge is 0.329 e. The predicted molar refractivity (Wildman–Crippen MR) is 76.4 cm³/mol. The third kappa shape index (κ3) is 3.86. The summed E-state index contributed by atoms with van der Waals surface area (Å²) in [7, 11) is -2.39. The molecule has 0 saturated carbocycles. The molecule has 1 aromatic rings. The number of carbonyl (C=O) groups is 1. The maximum Gasteiger partial charge on any atom is 0.329 e. The number of benzene rings is 1. The normalized spacial score (nSPS) is 12.6. The Labute approximate surface area is 119 Å². The second-order valence-corrected chi connectivity index (χ2v) is 6.04. The average Bonchev–Trinajstić information content (AvgIpc) is 2.38. The number of sulfonamides is 1. The van der Waals surface area contributed by atoms with E-state index in [0.717, 1.165) is 10.6 Å². The van der Waals surface area contributed by atoms with Crippen molar-refractivity contribution in [2.24, 2.45) is 0 Å². The molecule has 0 amide bonds. The lowest BCUT2D eigenvalue weighted by atomic mass is 10.2. The number of rotatable bonds is 6. The predicted octanol–water partition coefficient (Wildman–Crippen LogP) is 1.41. The van der Waals surface area contributed by atoms with E-state index in [1.54, 1.807) is 24.3 Å². The second kappa shape index (κ2) is 6.60. The van der Waals surface area contributed by atoms with Crippen LogP contribution < -0.4 is 9.04 Å². The fourth-order valence-corrected chi connectivity index (χ4v) is 2.99. The zero-order valence-corrected chi connectivity index (χ0v) is 12.8. The zero-order chi connectivity index (χ0) is 15.3. The maximum absolute atomic E-state index is 11.9. The third-order valence-electron chi connectivity index (χ3n) is 2.65. The summed E-state index contributed by atoms with van der Waals surface area (Å²) in [5.41, 5.74) is 0.383. The molecule has 0 radical (unpaired) electrons. The summed E-state index contributed by atoms with van der Waals surface area (Å²) in [4.78, 5) is 11.6. The van der Waals surface area contributed by atoms with Gasteiger partial charge in [-0.3, -0.25) is 4.31 Å². The molecule has 0 N–H and O–H groups in total. The molecular formula is C13H19NO5S. The molecule has 0 aliphatic carbocycles. The van der Waals surface area contributed by atoms with Gasteiger partial charge in [-0.1, -0.05) is 0 Å². The van der Waals surface area contributed by atoms with Crippen molar-refractivity contribution in [1.29, 1.82) is 0 Å². The molecule has 0 spiro atoms.